The van der Waals surface area contributed by atoms with Crippen LogP contribution in [0.3, 0.4) is 0 Å². The Morgan fingerprint density at radius 3 is 2.32 bits per heavy atom. The molecule has 2 saturated heterocycles. The van der Waals surface area contributed by atoms with Crippen LogP contribution in [0.1, 0.15) is 67.7 Å². The van der Waals surface area contributed by atoms with Gasteiger partial charge in [-0.15, -0.1) is 0 Å². The van der Waals surface area contributed by atoms with Gasteiger partial charge in [-0.1, -0.05) is 20.8 Å². The van der Waals surface area contributed by atoms with E-state index in [1.54, 1.807) is 4.90 Å². The van der Waals surface area contributed by atoms with Gasteiger partial charge in [0.2, 0.25) is 0 Å². The van der Waals surface area contributed by atoms with E-state index in [1.807, 2.05) is 66.5 Å². The number of piperazine rings is 1. The number of anilines is 1. The average Bonchev–Trinajstić information content (AvgIpc) is 3.34. The Morgan fingerprint density at radius 1 is 1.09 bits per heavy atom. The van der Waals surface area contributed by atoms with Crippen molar-refractivity contribution in [2.24, 2.45) is 5.41 Å². The maximum absolute atomic E-state index is 15.1. The van der Waals surface area contributed by atoms with Crippen LogP contribution >= 0.6 is 0 Å². The molecule has 3 atom stereocenters. The monoisotopic (exact) mass is 640 g/mol. The second-order valence-electron chi connectivity index (χ2n) is 15.5. The van der Waals surface area contributed by atoms with Crippen LogP contribution in [-0.2, 0) is 9.16 Å². The molecule has 1 amide bonds. The minimum Gasteiger partial charge on any atom is -0.462 e. The number of amides is 1. The molecule has 1 aliphatic carbocycles. The molecule has 3 aliphatic rings. The molecule has 0 radical (unpaired) electrons. The van der Waals surface area contributed by atoms with Gasteiger partial charge in [-0.05, 0) is 64.7 Å². The Kier molecular flexibility index (Phi) is 7.75. The molecule has 5 rings (SSSR count). The van der Waals surface area contributed by atoms with Gasteiger partial charge in [0, 0.05) is 37.6 Å². The molecule has 3 heterocycles. The first-order chi connectivity index (χ1) is 20.1. The lowest BCUT2D eigenvalue weighted by molar-refractivity contribution is -0.00292. The van der Waals surface area contributed by atoms with Crippen LogP contribution in [0.2, 0.25) is 18.1 Å². The Labute approximate surface area is 257 Å². The summed E-state index contributed by atoms with van der Waals surface area (Å²) in [6, 6.07) is 1.38. The number of nitrogens with zero attached hydrogens (tertiary/aromatic N) is 4. The van der Waals surface area contributed by atoms with Crippen molar-refractivity contribution in [3.8, 4) is 6.01 Å². The molecule has 0 N–H and O–H groups in total. The first kappa shape index (κ1) is 32.7. The number of ether oxygens (including phenoxy) is 2. The molecule has 2 bridgehead atoms. The highest BCUT2D eigenvalue weighted by Crippen LogP contribution is 2.61. The number of benzene rings is 1. The van der Waals surface area contributed by atoms with E-state index in [0.29, 0.717) is 25.9 Å². The number of carbonyl (C=O) groups is 1. The summed E-state index contributed by atoms with van der Waals surface area (Å²) >= 11 is 0. The van der Waals surface area contributed by atoms with Gasteiger partial charge in [0.1, 0.15) is 29.4 Å². The summed E-state index contributed by atoms with van der Waals surface area (Å²) in [7, 11) is -2.32. The largest absolute Gasteiger partial charge is 0.462 e. The fourth-order valence-electron chi connectivity index (χ4n) is 5.97. The third-order valence-corrected chi connectivity index (χ3v) is 14.2. The lowest BCUT2D eigenvalue weighted by atomic mass is 9.97. The van der Waals surface area contributed by atoms with Crippen molar-refractivity contribution < 1.29 is 36.3 Å². The van der Waals surface area contributed by atoms with Crippen LogP contribution in [0.5, 0.6) is 6.01 Å². The number of hydrogen-bond acceptors (Lipinski definition) is 7. The standard InChI is InChI=1S/C31H44F4N4O4Si/c1-27(2,3)43-26(40)39-20-10-11-29(39,7)16-38(14-20)24-21-12-19(32)13-22(33)23(21)36-25(37-24)41-17-30(15-31(30,34)35)18-42-44(8,9)28(4,5)6/h12-13,20H,10-11,14-18H2,1-9H3/t20-,29-,30+/m1/s1. The topological polar surface area (TPSA) is 77.0 Å². The Bertz CT molecular complexity index is 1460. The maximum Gasteiger partial charge on any atom is 0.411 e. The van der Waals surface area contributed by atoms with E-state index in [-0.39, 0.29) is 40.4 Å². The second-order valence-corrected chi connectivity index (χ2v) is 20.3. The number of fused-ring (bicyclic) bond motifs is 3. The third kappa shape index (κ3) is 5.98. The lowest BCUT2D eigenvalue weighted by Crippen LogP contribution is -2.63. The third-order valence-electron chi connectivity index (χ3n) is 9.70. The van der Waals surface area contributed by atoms with Crippen LogP contribution in [0.4, 0.5) is 28.2 Å². The van der Waals surface area contributed by atoms with E-state index in [1.165, 1.54) is 0 Å². The van der Waals surface area contributed by atoms with Crippen molar-refractivity contribution in [3.63, 3.8) is 0 Å². The first-order valence-electron chi connectivity index (χ1n) is 15.2. The maximum atomic E-state index is 15.1. The highest BCUT2D eigenvalue weighted by Gasteiger charge is 2.72. The van der Waals surface area contributed by atoms with Gasteiger partial charge in [-0.25, -0.2) is 22.4 Å². The molecular formula is C31H44F4N4O4Si. The van der Waals surface area contributed by atoms with Crippen LogP contribution < -0.4 is 9.64 Å². The molecular weight excluding hydrogens is 596 g/mol. The fraction of sp³-hybridized carbons (Fsp3) is 0.710. The van der Waals surface area contributed by atoms with Crippen molar-refractivity contribution in [2.75, 3.05) is 31.2 Å². The van der Waals surface area contributed by atoms with Gasteiger partial charge in [0.25, 0.3) is 5.92 Å². The van der Waals surface area contributed by atoms with Gasteiger partial charge >= 0.3 is 12.1 Å². The first-order valence-corrected chi connectivity index (χ1v) is 18.1. The molecule has 244 valence electrons. The molecule has 2 aromatic rings. The predicted molar refractivity (Wildman–Crippen MR) is 162 cm³/mol. The Balaban J connectivity index is 1.43. The van der Waals surface area contributed by atoms with Crippen molar-refractivity contribution in [1.82, 2.24) is 14.9 Å². The summed E-state index contributed by atoms with van der Waals surface area (Å²) in [5, 5.41) is -0.0253. The van der Waals surface area contributed by atoms with Gasteiger partial charge in [0.05, 0.1) is 17.0 Å². The van der Waals surface area contributed by atoms with Gasteiger partial charge in [0.15, 0.2) is 14.1 Å². The summed E-state index contributed by atoms with van der Waals surface area (Å²) in [5.41, 5.74) is -3.02. The van der Waals surface area contributed by atoms with Crippen LogP contribution in [-0.4, -0.2) is 78.7 Å². The highest BCUT2D eigenvalue weighted by atomic mass is 28.4. The molecule has 8 nitrogen and oxygen atoms in total. The molecule has 44 heavy (non-hydrogen) atoms. The molecule has 0 spiro atoms. The number of rotatable bonds is 7. The van der Waals surface area contributed by atoms with Crippen molar-refractivity contribution in [2.45, 2.75) is 109 Å². The summed E-state index contributed by atoms with van der Waals surface area (Å²) < 4.78 is 76.7. The quantitative estimate of drug-likeness (QED) is 0.232. The summed E-state index contributed by atoms with van der Waals surface area (Å²) in [5.74, 6) is -4.48. The smallest absolute Gasteiger partial charge is 0.411 e. The molecule has 3 fully saturated rings. The van der Waals surface area contributed by atoms with E-state index in [2.05, 4.69) is 9.97 Å². The number of hydrogen-bond donors (Lipinski definition) is 0. The predicted octanol–water partition coefficient (Wildman–Crippen LogP) is 7.31. The van der Waals surface area contributed by atoms with E-state index < -0.39 is 61.6 Å². The Morgan fingerprint density at radius 2 is 1.75 bits per heavy atom. The van der Waals surface area contributed by atoms with Crippen LogP contribution in [0, 0.1) is 17.0 Å². The lowest BCUT2D eigenvalue weighted by Gasteiger charge is -2.47. The summed E-state index contributed by atoms with van der Waals surface area (Å²) in [6.07, 6.45) is 0.606. The number of aromatic nitrogens is 2. The zero-order chi connectivity index (χ0) is 32.7. The van der Waals surface area contributed by atoms with Gasteiger partial charge < -0.3 is 18.8 Å². The van der Waals surface area contributed by atoms with Gasteiger partial charge in [-0.2, -0.15) is 9.97 Å². The van der Waals surface area contributed by atoms with Crippen molar-refractivity contribution in [3.05, 3.63) is 23.8 Å². The molecule has 1 saturated carbocycles. The number of halogens is 4. The van der Waals surface area contributed by atoms with E-state index in [0.717, 1.165) is 12.1 Å². The fourth-order valence-corrected chi connectivity index (χ4v) is 7.04. The van der Waals surface area contributed by atoms with E-state index in [9.17, 15) is 18.0 Å². The number of carbonyl (C=O) groups excluding carboxylic acids is 1. The summed E-state index contributed by atoms with van der Waals surface area (Å²) in [6.45, 7) is 17.5. The normalized spacial score (nSPS) is 26.7. The van der Waals surface area contributed by atoms with E-state index in [4.69, 9.17) is 13.9 Å². The SMILES string of the molecule is CC(C)(C)OC(=O)N1[C@@H]2CC[C@]1(C)CN(c1nc(OC[C@]3(CO[Si](C)(C)C(C)(C)C)CC3(F)F)nc3c(F)cc(F)cc13)C2. The van der Waals surface area contributed by atoms with Crippen LogP contribution in [0.25, 0.3) is 10.9 Å². The minimum atomic E-state index is -2.99. The molecule has 1 aromatic carbocycles. The van der Waals surface area contributed by atoms with Crippen LogP contribution in [0.15, 0.2) is 12.1 Å². The highest BCUT2D eigenvalue weighted by molar-refractivity contribution is 6.74. The van der Waals surface area contributed by atoms with Crippen molar-refractivity contribution in [1.29, 1.82) is 0 Å². The number of alkyl halides is 2. The molecule has 2 aliphatic heterocycles. The zero-order valence-corrected chi connectivity index (χ0v) is 28.1. The molecule has 13 heteroatoms. The minimum absolute atomic E-state index is 0.135. The second kappa shape index (κ2) is 10.4. The zero-order valence-electron chi connectivity index (χ0n) is 27.1. The average molecular weight is 641 g/mol. The molecule has 0 unspecified atom stereocenters. The van der Waals surface area contributed by atoms with Crippen molar-refractivity contribution >= 4 is 31.1 Å². The Hall–Kier alpha value is -2.67. The van der Waals surface area contributed by atoms with E-state index >= 15 is 4.39 Å². The van der Waals surface area contributed by atoms with Gasteiger partial charge in [-0.3, -0.25) is 4.90 Å². The summed E-state index contributed by atoms with van der Waals surface area (Å²) in [4.78, 5) is 25.5. The molecule has 1 aromatic heterocycles.